The van der Waals surface area contributed by atoms with Crippen molar-refractivity contribution >= 4 is 17.2 Å². The van der Waals surface area contributed by atoms with Gasteiger partial charge in [-0.05, 0) is 11.4 Å². The van der Waals surface area contributed by atoms with Crippen LogP contribution in [-0.4, -0.2) is 26.8 Å². The third-order valence-electron chi connectivity index (χ3n) is 2.94. The molecule has 3 aromatic heterocycles. The standard InChI is InChI=1S/C14H15N5S/c1-15-13-7-12(10-8-16-19(2)9-10)17-14(18-13)6-11-4-3-5-20-11/h3-5,7-9H,6H2,1-2H3,(H,15,17,18). The van der Waals surface area contributed by atoms with Gasteiger partial charge in [0, 0.05) is 43.2 Å². The number of hydrogen-bond donors (Lipinski definition) is 1. The smallest absolute Gasteiger partial charge is 0.136 e. The number of nitrogens with one attached hydrogen (secondary N) is 1. The van der Waals surface area contributed by atoms with Crippen molar-refractivity contribution in [1.29, 1.82) is 0 Å². The minimum Gasteiger partial charge on any atom is -0.373 e. The summed E-state index contributed by atoms with van der Waals surface area (Å²) in [6.07, 6.45) is 4.52. The summed E-state index contributed by atoms with van der Waals surface area (Å²) in [5.41, 5.74) is 1.89. The van der Waals surface area contributed by atoms with Crippen LogP contribution in [0.25, 0.3) is 11.3 Å². The molecule has 6 heteroatoms. The van der Waals surface area contributed by atoms with Gasteiger partial charge < -0.3 is 5.32 Å². The molecular formula is C14H15N5S. The van der Waals surface area contributed by atoms with Gasteiger partial charge in [0.25, 0.3) is 0 Å². The molecule has 3 rings (SSSR count). The molecule has 0 saturated carbocycles. The van der Waals surface area contributed by atoms with Crippen molar-refractivity contribution in [2.75, 3.05) is 12.4 Å². The van der Waals surface area contributed by atoms with Gasteiger partial charge in [0.05, 0.1) is 11.9 Å². The minimum atomic E-state index is 0.750. The van der Waals surface area contributed by atoms with Gasteiger partial charge in [0.2, 0.25) is 0 Å². The van der Waals surface area contributed by atoms with E-state index in [-0.39, 0.29) is 0 Å². The number of hydrogen-bond acceptors (Lipinski definition) is 5. The molecule has 0 spiro atoms. The van der Waals surface area contributed by atoms with Gasteiger partial charge in [-0.2, -0.15) is 5.10 Å². The summed E-state index contributed by atoms with van der Waals surface area (Å²) in [4.78, 5) is 10.4. The van der Waals surface area contributed by atoms with Crippen LogP contribution in [0.3, 0.4) is 0 Å². The normalized spacial score (nSPS) is 10.7. The van der Waals surface area contributed by atoms with Crippen molar-refractivity contribution < 1.29 is 0 Å². The van der Waals surface area contributed by atoms with Crippen molar-refractivity contribution in [3.05, 3.63) is 46.7 Å². The first-order valence-corrected chi connectivity index (χ1v) is 7.19. The van der Waals surface area contributed by atoms with E-state index in [1.165, 1.54) is 4.88 Å². The largest absolute Gasteiger partial charge is 0.373 e. The molecule has 0 aliphatic heterocycles. The molecule has 102 valence electrons. The van der Waals surface area contributed by atoms with Crippen molar-refractivity contribution in [3.8, 4) is 11.3 Å². The van der Waals surface area contributed by atoms with Crippen molar-refractivity contribution in [2.24, 2.45) is 7.05 Å². The summed E-state index contributed by atoms with van der Waals surface area (Å²) < 4.78 is 1.77. The molecule has 0 fully saturated rings. The molecule has 0 amide bonds. The fraction of sp³-hybridized carbons (Fsp3) is 0.214. The summed E-state index contributed by atoms with van der Waals surface area (Å²) in [7, 11) is 3.76. The number of anilines is 1. The molecule has 0 saturated heterocycles. The number of rotatable bonds is 4. The molecule has 0 atom stereocenters. The van der Waals surface area contributed by atoms with E-state index in [1.54, 1.807) is 16.0 Å². The highest BCUT2D eigenvalue weighted by molar-refractivity contribution is 7.09. The van der Waals surface area contributed by atoms with Crippen LogP contribution >= 0.6 is 11.3 Å². The number of thiophene rings is 1. The zero-order valence-electron chi connectivity index (χ0n) is 11.4. The Morgan fingerprint density at radius 3 is 2.90 bits per heavy atom. The van der Waals surface area contributed by atoms with Crippen LogP contribution < -0.4 is 5.32 Å². The highest BCUT2D eigenvalue weighted by Crippen LogP contribution is 2.21. The number of aromatic nitrogens is 4. The van der Waals surface area contributed by atoms with Gasteiger partial charge in [-0.15, -0.1) is 11.3 Å². The number of nitrogens with zero attached hydrogens (tertiary/aromatic N) is 4. The molecule has 3 heterocycles. The fourth-order valence-electron chi connectivity index (χ4n) is 1.97. The SMILES string of the molecule is CNc1cc(-c2cnn(C)c2)nc(Cc2cccs2)n1. The van der Waals surface area contributed by atoms with Gasteiger partial charge in [-0.1, -0.05) is 6.07 Å². The Morgan fingerprint density at radius 1 is 1.35 bits per heavy atom. The predicted molar refractivity (Wildman–Crippen MR) is 80.9 cm³/mol. The molecule has 3 aromatic rings. The van der Waals surface area contributed by atoms with Crippen LogP contribution in [0.2, 0.25) is 0 Å². The van der Waals surface area contributed by atoms with E-state index in [0.717, 1.165) is 29.3 Å². The van der Waals surface area contributed by atoms with Crippen LogP contribution in [0.15, 0.2) is 36.0 Å². The summed E-state index contributed by atoms with van der Waals surface area (Å²) >= 11 is 1.72. The van der Waals surface area contributed by atoms with Crippen LogP contribution in [0.5, 0.6) is 0 Å². The molecule has 5 nitrogen and oxygen atoms in total. The second-order valence-electron chi connectivity index (χ2n) is 4.46. The highest BCUT2D eigenvalue weighted by atomic mass is 32.1. The molecule has 0 radical (unpaired) electrons. The van der Waals surface area contributed by atoms with E-state index in [1.807, 2.05) is 38.6 Å². The Bertz CT molecular complexity index is 702. The zero-order valence-corrected chi connectivity index (χ0v) is 12.2. The molecule has 0 aromatic carbocycles. The molecular weight excluding hydrogens is 270 g/mol. The van der Waals surface area contributed by atoms with E-state index in [0.29, 0.717) is 0 Å². The second-order valence-corrected chi connectivity index (χ2v) is 5.50. The van der Waals surface area contributed by atoms with Gasteiger partial charge in [-0.25, -0.2) is 9.97 Å². The third-order valence-corrected chi connectivity index (χ3v) is 3.82. The van der Waals surface area contributed by atoms with E-state index in [4.69, 9.17) is 0 Å². The summed E-state index contributed by atoms with van der Waals surface area (Å²) in [6, 6.07) is 6.09. The predicted octanol–water partition coefficient (Wildman–Crippen LogP) is 2.57. The summed E-state index contributed by atoms with van der Waals surface area (Å²) in [6.45, 7) is 0. The van der Waals surface area contributed by atoms with Gasteiger partial charge in [0.15, 0.2) is 0 Å². The molecule has 0 bridgehead atoms. The van der Waals surface area contributed by atoms with Crippen LogP contribution in [0.1, 0.15) is 10.7 Å². The monoisotopic (exact) mass is 285 g/mol. The Labute approximate surface area is 121 Å². The molecule has 1 N–H and O–H groups in total. The first-order valence-electron chi connectivity index (χ1n) is 6.32. The molecule has 0 aliphatic carbocycles. The lowest BCUT2D eigenvalue weighted by atomic mass is 10.2. The number of aryl methyl sites for hydroxylation is 1. The van der Waals surface area contributed by atoms with Crippen LogP contribution in [0, 0.1) is 0 Å². The van der Waals surface area contributed by atoms with Crippen LogP contribution in [0.4, 0.5) is 5.82 Å². The fourth-order valence-corrected chi connectivity index (χ4v) is 2.68. The Balaban J connectivity index is 1.98. The second kappa shape index (κ2) is 5.42. The maximum atomic E-state index is 4.64. The topological polar surface area (TPSA) is 55.6 Å². The molecule has 0 aliphatic rings. The van der Waals surface area contributed by atoms with Crippen LogP contribution in [-0.2, 0) is 13.5 Å². The van der Waals surface area contributed by atoms with Gasteiger partial charge in [0.1, 0.15) is 11.6 Å². The zero-order chi connectivity index (χ0) is 13.9. The Kier molecular flexibility index (Phi) is 3.47. The lowest BCUT2D eigenvalue weighted by molar-refractivity contribution is 0.768. The van der Waals surface area contributed by atoms with Gasteiger partial charge >= 0.3 is 0 Å². The lowest BCUT2D eigenvalue weighted by Gasteiger charge is -2.06. The van der Waals surface area contributed by atoms with Crippen molar-refractivity contribution in [2.45, 2.75) is 6.42 Å². The van der Waals surface area contributed by atoms with E-state index in [2.05, 4.69) is 31.8 Å². The minimum absolute atomic E-state index is 0.750. The maximum Gasteiger partial charge on any atom is 0.136 e. The maximum absolute atomic E-state index is 4.64. The Morgan fingerprint density at radius 2 is 2.25 bits per heavy atom. The lowest BCUT2D eigenvalue weighted by Crippen LogP contribution is -2.01. The average Bonchev–Trinajstić information content (AvgIpc) is 3.10. The molecule has 0 unspecified atom stereocenters. The first kappa shape index (κ1) is 12.8. The quantitative estimate of drug-likeness (QED) is 0.800. The summed E-state index contributed by atoms with van der Waals surface area (Å²) in [5, 5.41) is 9.35. The molecule has 20 heavy (non-hydrogen) atoms. The first-order chi connectivity index (χ1) is 9.74. The third kappa shape index (κ3) is 2.70. The van der Waals surface area contributed by atoms with E-state index < -0.39 is 0 Å². The average molecular weight is 285 g/mol. The van der Waals surface area contributed by atoms with Crippen molar-refractivity contribution in [1.82, 2.24) is 19.7 Å². The Hall–Kier alpha value is -2.21. The van der Waals surface area contributed by atoms with Crippen molar-refractivity contribution in [3.63, 3.8) is 0 Å². The van der Waals surface area contributed by atoms with E-state index >= 15 is 0 Å². The summed E-state index contributed by atoms with van der Waals surface area (Å²) in [5.74, 6) is 1.64. The van der Waals surface area contributed by atoms with Gasteiger partial charge in [-0.3, -0.25) is 4.68 Å². The van der Waals surface area contributed by atoms with E-state index in [9.17, 15) is 0 Å². The highest BCUT2D eigenvalue weighted by Gasteiger charge is 2.08.